The summed E-state index contributed by atoms with van der Waals surface area (Å²) in [4.78, 5) is 16.7. The molecule has 0 atom stereocenters. The van der Waals surface area contributed by atoms with Crippen LogP contribution in [0, 0.1) is 6.92 Å². The Labute approximate surface area is 119 Å². The van der Waals surface area contributed by atoms with Crippen molar-refractivity contribution in [1.29, 1.82) is 0 Å². The van der Waals surface area contributed by atoms with Gasteiger partial charge < -0.3 is 4.74 Å². The van der Waals surface area contributed by atoms with Crippen LogP contribution >= 0.6 is 15.9 Å². The third-order valence-corrected chi connectivity index (χ3v) is 3.54. The number of H-pyrrole nitrogens is 1. The minimum Gasteiger partial charge on any atom is -0.462 e. The largest absolute Gasteiger partial charge is 0.462 e. The number of halogens is 1. The molecule has 1 N–H and O–H groups in total. The van der Waals surface area contributed by atoms with Gasteiger partial charge in [-0.15, -0.1) is 0 Å². The number of hydrogen-bond acceptors (Lipinski definition) is 4. The maximum absolute atomic E-state index is 12.3. The quantitative estimate of drug-likeness (QED) is 0.694. The number of pyridine rings is 1. The van der Waals surface area contributed by atoms with Gasteiger partial charge in [-0.25, -0.2) is 9.78 Å². The highest BCUT2D eigenvalue weighted by molar-refractivity contribution is 9.10. The molecule has 0 saturated carbocycles. The Bertz CT molecular complexity index is 634. The van der Waals surface area contributed by atoms with E-state index in [1.807, 2.05) is 20.8 Å². The minimum atomic E-state index is -0.330. The predicted octanol–water partition coefficient (Wildman–Crippen LogP) is 3.33. The molecule has 0 spiro atoms. The lowest BCUT2D eigenvalue weighted by molar-refractivity contribution is 0.0526. The third kappa shape index (κ3) is 2.36. The van der Waals surface area contributed by atoms with Gasteiger partial charge in [0.15, 0.2) is 5.65 Å². The number of esters is 1. The number of nitrogens with zero attached hydrogens (tertiary/aromatic N) is 2. The number of aryl methyl sites for hydroxylation is 1. The number of hydrogen-bond donors (Lipinski definition) is 1. The highest BCUT2D eigenvalue weighted by Crippen LogP contribution is 2.33. The van der Waals surface area contributed by atoms with E-state index in [9.17, 15) is 4.79 Å². The molecule has 2 aromatic heterocycles. The molecule has 5 nitrogen and oxygen atoms in total. The zero-order chi connectivity index (χ0) is 14.2. The summed E-state index contributed by atoms with van der Waals surface area (Å²) in [5, 5.41) is 7.72. The van der Waals surface area contributed by atoms with Crippen LogP contribution < -0.4 is 0 Å². The Morgan fingerprint density at radius 1 is 1.47 bits per heavy atom. The second kappa shape index (κ2) is 5.28. The smallest absolute Gasteiger partial charge is 0.339 e. The van der Waals surface area contributed by atoms with Gasteiger partial charge >= 0.3 is 5.97 Å². The van der Waals surface area contributed by atoms with Crippen molar-refractivity contribution in [3.63, 3.8) is 0 Å². The second-order valence-electron chi connectivity index (χ2n) is 4.61. The van der Waals surface area contributed by atoms with E-state index in [4.69, 9.17) is 4.74 Å². The summed E-state index contributed by atoms with van der Waals surface area (Å²) in [7, 11) is 0. The molecular formula is C13H16BrN3O2. The van der Waals surface area contributed by atoms with Crippen LogP contribution in [0.5, 0.6) is 0 Å². The molecular weight excluding hydrogens is 310 g/mol. The monoisotopic (exact) mass is 325 g/mol. The van der Waals surface area contributed by atoms with E-state index in [-0.39, 0.29) is 11.9 Å². The summed E-state index contributed by atoms with van der Waals surface area (Å²) in [6.07, 6.45) is 0. The van der Waals surface area contributed by atoms with Crippen molar-refractivity contribution < 1.29 is 9.53 Å². The van der Waals surface area contributed by atoms with Gasteiger partial charge in [0.05, 0.1) is 17.6 Å². The van der Waals surface area contributed by atoms with Gasteiger partial charge in [-0.3, -0.25) is 5.10 Å². The molecule has 0 aliphatic rings. The lowest BCUT2D eigenvalue weighted by Crippen LogP contribution is -2.11. The van der Waals surface area contributed by atoms with Crippen molar-refractivity contribution in [2.75, 3.05) is 6.61 Å². The van der Waals surface area contributed by atoms with Gasteiger partial charge in [-0.2, -0.15) is 5.10 Å². The summed E-state index contributed by atoms with van der Waals surface area (Å²) in [6, 6.07) is 0. The van der Waals surface area contributed by atoms with Gasteiger partial charge in [0, 0.05) is 11.3 Å². The number of carbonyl (C=O) groups is 1. The highest BCUT2D eigenvalue weighted by atomic mass is 79.9. The zero-order valence-corrected chi connectivity index (χ0v) is 13.0. The van der Waals surface area contributed by atoms with Crippen LogP contribution in [0.2, 0.25) is 0 Å². The van der Waals surface area contributed by atoms with Gasteiger partial charge in [0.2, 0.25) is 0 Å². The molecule has 102 valence electrons. The van der Waals surface area contributed by atoms with Gasteiger partial charge in [0.25, 0.3) is 0 Å². The fourth-order valence-electron chi connectivity index (χ4n) is 2.13. The lowest BCUT2D eigenvalue weighted by atomic mass is 9.96. The van der Waals surface area contributed by atoms with Crippen molar-refractivity contribution in [2.24, 2.45) is 0 Å². The Hall–Kier alpha value is -1.43. The summed E-state index contributed by atoms with van der Waals surface area (Å²) >= 11 is 3.42. The molecule has 0 radical (unpaired) electrons. The molecule has 0 saturated heterocycles. The number of carbonyl (C=O) groups excluding carboxylic acids is 1. The molecule has 0 aliphatic heterocycles. The first kappa shape index (κ1) is 14.0. The van der Waals surface area contributed by atoms with Crippen LogP contribution in [-0.4, -0.2) is 27.8 Å². The summed E-state index contributed by atoms with van der Waals surface area (Å²) < 4.78 is 5.82. The van der Waals surface area contributed by atoms with Gasteiger partial charge in [-0.1, -0.05) is 13.8 Å². The number of ether oxygens (including phenoxy) is 1. The molecule has 0 fully saturated rings. The van der Waals surface area contributed by atoms with Crippen molar-refractivity contribution >= 4 is 32.9 Å². The Morgan fingerprint density at radius 2 is 2.16 bits per heavy atom. The number of fused-ring (bicyclic) bond motifs is 1. The summed E-state index contributed by atoms with van der Waals surface area (Å²) in [5.41, 5.74) is 2.76. The van der Waals surface area contributed by atoms with E-state index >= 15 is 0 Å². The van der Waals surface area contributed by atoms with Crippen LogP contribution in [0.3, 0.4) is 0 Å². The van der Waals surface area contributed by atoms with Gasteiger partial charge in [-0.05, 0) is 35.7 Å². The van der Waals surface area contributed by atoms with Crippen LogP contribution in [0.4, 0.5) is 0 Å². The lowest BCUT2D eigenvalue weighted by Gasteiger charge is -2.14. The number of nitrogens with one attached hydrogen (secondary N) is 1. The molecule has 2 heterocycles. The normalized spacial score (nSPS) is 11.3. The number of aromatic nitrogens is 3. The molecule has 0 amide bonds. The van der Waals surface area contributed by atoms with E-state index < -0.39 is 0 Å². The Morgan fingerprint density at radius 3 is 2.74 bits per heavy atom. The van der Waals surface area contributed by atoms with Crippen molar-refractivity contribution in [3.05, 3.63) is 21.4 Å². The Balaban J connectivity index is 2.83. The van der Waals surface area contributed by atoms with Crippen LogP contribution in [0.15, 0.2) is 4.60 Å². The van der Waals surface area contributed by atoms with E-state index in [1.54, 1.807) is 6.92 Å². The topological polar surface area (TPSA) is 67.9 Å². The second-order valence-corrected chi connectivity index (χ2v) is 5.36. The van der Waals surface area contributed by atoms with Crippen LogP contribution in [-0.2, 0) is 4.74 Å². The first-order valence-electron chi connectivity index (χ1n) is 6.18. The summed E-state index contributed by atoms with van der Waals surface area (Å²) in [5.74, 6) is -0.177. The maximum atomic E-state index is 12.3. The number of aromatic amines is 1. The minimum absolute atomic E-state index is 0.153. The SMILES string of the molecule is CCOC(=O)c1c(C(C)C)c(Br)nc2n[nH]c(C)c12. The molecule has 0 aliphatic carbocycles. The Kier molecular flexibility index (Phi) is 3.89. The molecule has 0 unspecified atom stereocenters. The molecule has 19 heavy (non-hydrogen) atoms. The molecule has 0 aromatic carbocycles. The maximum Gasteiger partial charge on any atom is 0.339 e. The molecule has 2 aromatic rings. The zero-order valence-electron chi connectivity index (χ0n) is 11.4. The molecule has 6 heteroatoms. The predicted molar refractivity (Wildman–Crippen MR) is 76.4 cm³/mol. The van der Waals surface area contributed by atoms with E-state index in [0.29, 0.717) is 22.4 Å². The van der Waals surface area contributed by atoms with E-state index in [0.717, 1.165) is 16.6 Å². The first-order chi connectivity index (χ1) is 8.97. The average molecular weight is 326 g/mol. The fourth-order valence-corrected chi connectivity index (χ4v) is 2.95. The average Bonchev–Trinajstić information content (AvgIpc) is 2.68. The molecule has 2 rings (SSSR count). The first-order valence-corrected chi connectivity index (χ1v) is 6.97. The fraction of sp³-hybridized carbons (Fsp3) is 0.462. The van der Waals surface area contributed by atoms with Crippen molar-refractivity contribution in [2.45, 2.75) is 33.6 Å². The van der Waals surface area contributed by atoms with Crippen LogP contribution in [0.25, 0.3) is 11.0 Å². The van der Waals surface area contributed by atoms with Crippen molar-refractivity contribution in [3.8, 4) is 0 Å². The summed E-state index contributed by atoms with van der Waals surface area (Å²) in [6.45, 7) is 8.05. The highest BCUT2D eigenvalue weighted by Gasteiger charge is 2.25. The van der Waals surface area contributed by atoms with Crippen LogP contribution in [0.1, 0.15) is 48.3 Å². The molecule has 0 bridgehead atoms. The van der Waals surface area contributed by atoms with Crippen molar-refractivity contribution in [1.82, 2.24) is 15.2 Å². The standard InChI is InChI=1S/C13H16BrN3O2/c1-5-19-13(18)10-8(6(2)3)11(14)15-12-9(10)7(4)16-17-12/h6H,5H2,1-4H3,(H,15,16,17). The third-order valence-electron chi connectivity index (χ3n) is 2.93. The van der Waals surface area contributed by atoms with E-state index in [1.165, 1.54) is 0 Å². The number of rotatable bonds is 3. The van der Waals surface area contributed by atoms with E-state index in [2.05, 4.69) is 31.1 Å². The van der Waals surface area contributed by atoms with Gasteiger partial charge in [0.1, 0.15) is 4.60 Å².